The quantitative estimate of drug-likeness (QED) is 0.431. The largest absolute Gasteiger partial charge is 0.353 e. The zero-order chi connectivity index (χ0) is 16.4. The Morgan fingerprint density at radius 2 is 1.92 bits per heavy atom. The Kier molecular flexibility index (Phi) is 6.61. The lowest BCUT2D eigenvalue weighted by atomic mass is 10.1. The molecular formula is C20H31IN4. The van der Waals surface area contributed by atoms with Crippen LogP contribution in [0.15, 0.2) is 35.3 Å². The average molecular weight is 454 g/mol. The van der Waals surface area contributed by atoms with E-state index in [1.165, 1.54) is 44.3 Å². The van der Waals surface area contributed by atoms with E-state index in [2.05, 4.69) is 52.4 Å². The first kappa shape index (κ1) is 19.0. The van der Waals surface area contributed by atoms with Crippen LogP contribution in [0.5, 0.6) is 0 Å². The summed E-state index contributed by atoms with van der Waals surface area (Å²) in [4.78, 5) is 9.97. The molecule has 1 saturated carbocycles. The molecule has 25 heavy (non-hydrogen) atoms. The lowest BCUT2D eigenvalue weighted by Gasteiger charge is -2.25. The number of hydrogen-bond acceptors (Lipinski definition) is 2. The molecule has 0 bridgehead atoms. The first-order valence-electron chi connectivity index (χ1n) is 9.70. The molecule has 3 fully saturated rings. The normalized spacial score (nSPS) is 29.6. The standard InChI is InChI=1S/C20H30N4.HI/c1-2-21-20(22-19-14-18(19)16-8-4-3-5-9-16)24-13-10-17(15-24)23-11-6-7-12-23;/h3-5,8-9,17-19H,2,6-7,10-15H2,1H3,(H,21,22);1H. The van der Waals surface area contributed by atoms with E-state index in [0.717, 1.165) is 31.6 Å². The number of aliphatic imine (C=N–C) groups is 1. The SMILES string of the molecule is CCN=C(NC1CC1c1ccccc1)N1CCC(N2CCCC2)C1.I. The van der Waals surface area contributed by atoms with Gasteiger partial charge in [-0.3, -0.25) is 9.89 Å². The molecule has 2 saturated heterocycles. The molecule has 3 aliphatic rings. The second-order valence-corrected chi connectivity index (χ2v) is 7.43. The van der Waals surface area contributed by atoms with Gasteiger partial charge in [0.05, 0.1) is 0 Å². The van der Waals surface area contributed by atoms with Gasteiger partial charge in [0, 0.05) is 37.6 Å². The van der Waals surface area contributed by atoms with Gasteiger partial charge in [-0.15, -0.1) is 24.0 Å². The fourth-order valence-corrected chi connectivity index (χ4v) is 4.31. The van der Waals surface area contributed by atoms with Crippen LogP contribution in [0, 0.1) is 0 Å². The van der Waals surface area contributed by atoms with E-state index in [1.807, 2.05) is 0 Å². The molecule has 1 aromatic rings. The molecule has 0 radical (unpaired) electrons. The second-order valence-electron chi connectivity index (χ2n) is 7.43. The van der Waals surface area contributed by atoms with Gasteiger partial charge in [0.1, 0.15) is 0 Å². The summed E-state index contributed by atoms with van der Waals surface area (Å²) in [7, 11) is 0. The van der Waals surface area contributed by atoms with Gasteiger partial charge in [-0.2, -0.15) is 0 Å². The Hall–Kier alpha value is -0.820. The van der Waals surface area contributed by atoms with Crippen LogP contribution in [0.2, 0.25) is 0 Å². The predicted molar refractivity (Wildman–Crippen MR) is 115 cm³/mol. The summed E-state index contributed by atoms with van der Waals surface area (Å²) in [6, 6.07) is 12.2. The Morgan fingerprint density at radius 3 is 2.64 bits per heavy atom. The maximum atomic E-state index is 4.79. The summed E-state index contributed by atoms with van der Waals surface area (Å²) in [5, 5.41) is 3.75. The van der Waals surface area contributed by atoms with E-state index < -0.39 is 0 Å². The minimum Gasteiger partial charge on any atom is -0.353 e. The maximum Gasteiger partial charge on any atom is 0.194 e. The zero-order valence-electron chi connectivity index (χ0n) is 15.2. The highest BCUT2D eigenvalue weighted by molar-refractivity contribution is 14.0. The number of nitrogens with one attached hydrogen (secondary N) is 1. The molecule has 3 unspecified atom stereocenters. The first-order chi connectivity index (χ1) is 11.8. The number of guanidine groups is 1. The molecule has 138 valence electrons. The Labute approximate surface area is 169 Å². The summed E-state index contributed by atoms with van der Waals surface area (Å²) in [6.45, 7) is 7.88. The minimum atomic E-state index is 0. The van der Waals surface area contributed by atoms with Crippen molar-refractivity contribution in [2.45, 2.75) is 50.6 Å². The molecule has 0 aromatic heterocycles. The zero-order valence-corrected chi connectivity index (χ0v) is 17.6. The molecular weight excluding hydrogens is 423 g/mol. The third-order valence-corrected chi connectivity index (χ3v) is 5.76. The molecule has 1 aliphatic carbocycles. The van der Waals surface area contributed by atoms with Gasteiger partial charge in [-0.05, 0) is 51.3 Å². The Bertz CT molecular complexity index is 570. The van der Waals surface area contributed by atoms with E-state index in [9.17, 15) is 0 Å². The number of nitrogens with zero attached hydrogens (tertiary/aromatic N) is 3. The number of rotatable bonds is 4. The van der Waals surface area contributed by atoms with Crippen LogP contribution < -0.4 is 5.32 Å². The molecule has 5 heteroatoms. The van der Waals surface area contributed by atoms with E-state index >= 15 is 0 Å². The molecule has 1 N–H and O–H groups in total. The van der Waals surface area contributed by atoms with Gasteiger partial charge in [-0.25, -0.2) is 0 Å². The molecule has 0 amide bonds. The van der Waals surface area contributed by atoms with Crippen molar-refractivity contribution in [2.75, 3.05) is 32.7 Å². The van der Waals surface area contributed by atoms with Gasteiger partial charge in [0.15, 0.2) is 5.96 Å². The predicted octanol–water partition coefficient (Wildman–Crippen LogP) is 3.30. The van der Waals surface area contributed by atoms with E-state index in [1.54, 1.807) is 0 Å². The molecule has 0 spiro atoms. The van der Waals surface area contributed by atoms with Gasteiger partial charge in [-0.1, -0.05) is 30.3 Å². The van der Waals surface area contributed by atoms with Crippen LogP contribution >= 0.6 is 24.0 Å². The van der Waals surface area contributed by atoms with Gasteiger partial charge in [0.25, 0.3) is 0 Å². The van der Waals surface area contributed by atoms with Crippen molar-refractivity contribution in [1.29, 1.82) is 0 Å². The second kappa shape index (κ2) is 8.71. The third-order valence-electron chi connectivity index (χ3n) is 5.76. The van der Waals surface area contributed by atoms with Crippen LogP contribution in [0.1, 0.15) is 44.1 Å². The lowest BCUT2D eigenvalue weighted by molar-refractivity contribution is 0.249. The number of benzene rings is 1. The molecule has 4 rings (SSSR count). The summed E-state index contributed by atoms with van der Waals surface area (Å²) >= 11 is 0. The third kappa shape index (κ3) is 4.48. The Morgan fingerprint density at radius 1 is 1.16 bits per heavy atom. The molecule has 1 aromatic carbocycles. The van der Waals surface area contributed by atoms with E-state index in [-0.39, 0.29) is 24.0 Å². The smallest absolute Gasteiger partial charge is 0.194 e. The van der Waals surface area contributed by atoms with Crippen molar-refractivity contribution in [3.05, 3.63) is 35.9 Å². The highest BCUT2D eigenvalue weighted by Crippen LogP contribution is 2.40. The Balaban J connectivity index is 0.00000182. The highest BCUT2D eigenvalue weighted by atomic mass is 127. The van der Waals surface area contributed by atoms with Crippen molar-refractivity contribution in [3.8, 4) is 0 Å². The summed E-state index contributed by atoms with van der Waals surface area (Å²) in [5.41, 5.74) is 1.46. The summed E-state index contributed by atoms with van der Waals surface area (Å²) in [6.07, 6.45) is 5.28. The highest BCUT2D eigenvalue weighted by Gasteiger charge is 2.40. The van der Waals surface area contributed by atoms with Gasteiger partial charge in [0.2, 0.25) is 0 Å². The van der Waals surface area contributed by atoms with Crippen LogP contribution in [0.3, 0.4) is 0 Å². The average Bonchev–Trinajstić information content (AvgIpc) is 3.04. The fourth-order valence-electron chi connectivity index (χ4n) is 4.31. The van der Waals surface area contributed by atoms with E-state index in [4.69, 9.17) is 4.99 Å². The van der Waals surface area contributed by atoms with Crippen molar-refractivity contribution >= 4 is 29.9 Å². The summed E-state index contributed by atoms with van der Waals surface area (Å²) in [5.74, 6) is 1.80. The fraction of sp³-hybridized carbons (Fsp3) is 0.650. The van der Waals surface area contributed by atoms with Crippen molar-refractivity contribution in [3.63, 3.8) is 0 Å². The first-order valence-corrected chi connectivity index (χ1v) is 9.70. The molecule has 4 nitrogen and oxygen atoms in total. The molecule has 3 atom stereocenters. The number of likely N-dealkylation sites (tertiary alicyclic amines) is 2. The molecule has 2 aliphatic heterocycles. The maximum absolute atomic E-state index is 4.79. The van der Waals surface area contributed by atoms with Crippen molar-refractivity contribution in [1.82, 2.24) is 15.1 Å². The lowest BCUT2D eigenvalue weighted by Crippen LogP contribution is -2.43. The van der Waals surface area contributed by atoms with Gasteiger partial charge < -0.3 is 10.2 Å². The van der Waals surface area contributed by atoms with E-state index in [0.29, 0.717) is 12.0 Å². The van der Waals surface area contributed by atoms with Crippen molar-refractivity contribution in [2.24, 2.45) is 4.99 Å². The number of hydrogen-bond donors (Lipinski definition) is 1. The topological polar surface area (TPSA) is 30.9 Å². The van der Waals surface area contributed by atoms with Gasteiger partial charge >= 0.3 is 0 Å². The molecule has 2 heterocycles. The van der Waals surface area contributed by atoms with Crippen LogP contribution in [0.25, 0.3) is 0 Å². The number of halogens is 1. The summed E-state index contributed by atoms with van der Waals surface area (Å²) < 4.78 is 0. The monoisotopic (exact) mass is 454 g/mol. The minimum absolute atomic E-state index is 0. The van der Waals surface area contributed by atoms with Crippen molar-refractivity contribution < 1.29 is 0 Å². The van der Waals surface area contributed by atoms with Crippen LogP contribution in [-0.2, 0) is 0 Å². The van der Waals surface area contributed by atoms with Crippen LogP contribution in [0.4, 0.5) is 0 Å². The van der Waals surface area contributed by atoms with Crippen LogP contribution in [-0.4, -0.2) is 60.6 Å².